The molecule has 2 amide bonds. The van der Waals surface area contributed by atoms with Gasteiger partial charge in [-0.3, -0.25) is 9.59 Å². The molecule has 0 aliphatic heterocycles. The van der Waals surface area contributed by atoms with Gasteiger partial charge in [0.25, 0.3) is 11.8 Å². The maximum atomic E-state index is 12.7. The number of hydrogen-bond donors (Lipinski definition) is 2. The average molecular weight is 483 g/mol. The van der Waals surface area contributed by atoms with Crippen LogP contribution in [0, 0.1) is 0 Å². The lowest BCUT2D eigenvalue weighted by atomic mass is 9.90. The first kappa shape index (κ1) is 23.7. The van der Waals surface area contributed by atoms with Crippen molar-refractivity contribution < 1.29 is 19.1 Å². The van der Waals surface area contributed by atoms with Crippen molar-refractivity contribution in [3.05, 3.63) is 84.9 Å². The minimum Gasteiger partial charge on any atom is -0.483 e. The van der Waals surface area contributed by atoms with Crippen molar-refractivity contribution in [3.63, 3.8) is 0 Å². The van der Waals surface area contributed by atoms with E-state index < -0.39 is 0 Å². The molecule has 0 aromatic heterocycles. The van der Waals surface area contributed by atoms with Crippen LogP contribution >= 0.6 is 0 Å². The predicted molar refractivity (Wildman–Crippen MR) is 141 cm³/mol. The summed E-state index contributed by atoms with van der Waals surface area (Å²) in [6.07, 6.45) is 3.65. The summed E-state index contributed by atoms with van der Waals surface area (Å²) in [6.45, 7) is -0.148. The van der Waals surface area contributed by atoms with Crippen LogP contribution in [0.4, 0.5) is 0 Å². The number of hydrogen-bond acceptors (Lipinski definition) is 4. The van der Waals surface area contributed by atoms with E-state index in [2.05, 4.69) is 10.6 Å². The molecule has 2 N–H and O–H groups in total. The molecule has 0 bridgehead atoms. The number of rotatable bonds is 8. The molecule has 0 spiro atoms. The van der Waals surface area contributed by atoms with E-state index in [-0.39, 0.29) is 37.1 Å². The van der Waals surface area contributed by atoms with Gasteiger partial charge >= 0.3 is 0 Å². The lowest BCUT2D eigenvalue weighted by Crippen LogP contribution is -2.54. The Bertz CT molecular complexity index is 1250. The summed E-state index contributed by atoms with van der Waals surface area (Å²) in [4.78, 5) is 25.4. The molecular weight excluding hydrogens is 452 g/mol. The highest BCUT2D eigenvalue weighted by Crippen LogP contribution is 2.26. The molecule has 184 valence electrons. The van der Waals surface area contributed by atoms with Gasteiger partial charge in [-0.05, 0) is 35.7 Å². The third kappa shape index (κ3) is 5.60. The number of amides is 2. The van der Waals surface area contributed by atoms with Crippen molar-refractivity contribution >= 4 is 33.4 Å². The quantitative estimate of drug-likeness (QED) is 0.371. The van der Waals surface area contributed by atoms with E-state index in [4.69, 9.17) is 9.47 Å². The molecule has 0 saturated heterocycles. The second-order valence-corrected chi connectivity index (χ2v) is 9.16. The molecule has 4 aromatic carbocycles. The minimum absolute atomic E-state index is 0.0740. The van der Waals surface area contributed by atoms with Crippen LogP contribution in [0.15, 0.2) is 84.9 Å². The summed E-state index contributed by atoms with van der Waals surface area (Å²) in [6, 6.07) is 27.2. The first-order valence-electron chi connectivity index (χ1n) is 12.5. The fraction of sp³-hybridized carbons (Fsp3) is 0.267. The fourth-order valence-electron chi connectivity index (χ4n) is 4.90. The van der Waals surface area contributed by atoms with Crippen molar-refractivity contribution in [1.82, 2.24) is 10.6 Å². The van der Waals surface area contributed by atoms with Crippen LogP contribution in [0.2, 0.25) is 0 Å². The van der Waals surface area contributed by atoms with Gasteiger partial charge in [-0.1, -0.05) is 85.6 Å². The van der Waals surface area contributed by atoms with Crippen molar-refractivity contribution in [2.75, 3.05) is 13.2 Å². The maximum absolute atomic E-state index is 12.7. The third-order valence-electron chi connectivity index (χ3n) is 6.68. The molecule has 36 heavy (non-hydrogen) atoms. The van der Waals surface area contributed by atoms with Crippen LogP contribution in [-0.2, 0) is 9.59 Å². The largest absolute Gasteiger partial charge is 0.483 e. The highest BCUT2D eigenvalue weighted by atomic mass is 16.5. The third-order valence-corrected chi connectivity index (χ3v) is 6.68. The Morgan fingerprint density at radius 1 is 0.611 bits per heavy atom. The summed E-state index contributed by atoms with van der Waals surface area (Å²) in [7, 11) is 0. The van der Waals surface area contributed by atoms with E-state index >= 15 is 0 Å². The predicted octanol–water partition coefficient (Wildman–Crippen LogP) is 4.99. The van der Waals surface area contributed by atoms with Gasteiger partial charge in [-0.15, -0.1) is 0 Å². The van der Waals surface area contributed by atoms with E-state index in [0.717, 1.165) is 47.2 Å². The van der Waals surface area contributed by atoms with Gasteiger partial charge in [0.05, 0.1) is 0 Å². The first-order valence-corrected chi connectivity index (χ1v) is 12.5. The summed E-state index contributed by atoms with van der Waals surface area (Å²) in [5.74, 6) is 0.979. The molecule has 1 aliphatic carbocycles. The summed E-state index contributed by atoms with van der Waals surface area (Å²) < 4.78 is 11.7. The fourth-order valence-corrected chi connectivity index (χ4v) is 4.90. The van der Waals surface area contributed by atoms with Crippen molar-refractivity contribution in [2.24, 2.45) is 0 Å². The van der Waals surface area contributed by atoms with E-state index in [1.807, 2.05) is 84.9 Å². The van der Waals surface area contributed by atoms with E-state index in [1.165, 1.54) is 0 Å². The molecule has 4 aromatic rings. The standard InChI is InChI=1S/C30H30N2O4/c33-29(19-35-27-17-7-11-21-9-1-3-13-23(21)27)31-25-15-5-6-16-26(25)32-30(34)20-36-28-18-8-12-22-10-2-4-14-24(22)28/h1-4,7-14,17-18,25-26H,5-6,15-16,19-20H2,(H,31,33)(H,32,34). The lowest BCUT2D eigenvalue weighted by molar-refractivity contribution is -0.126. The van der Waals surface area contributed by atoms with Crippen LogP contribution in [0.5, 0.6) is 11.5 Å². The number of benzene rings is 4. The molecular formula is C30H30N2O4. The molecule has 0 heterocycles. The molecule has 1 fully saturated rings. The molecule has 0 radical (unpaired) electrons. The maximum Gasteiger partial charge on any atom is 0.258 e. The van der Waals surface area contributed by atoms with E-state index in [1.54, 1.807) is 0 Å². The summed E-state index contributed by atoms with van der Waals surface area (Å²) >= 11 is 0. The van der Waals surface area contributed by atoms with Crippen LogP contribution < -0.4 is 20.1 Å². The highest BCUT2D eigenvalue weighted by molar-refractivity contribution is 5.89. The minimum atomic E-state index is -0.193. The van der Waals surface area contributed by atoms with Crippen LogP contribution in [0.3, 0.4) is 0 Å². The highest BCUT2D eigenvalue weighted by Gasteiger charge is 2.28. The van der Waals surface area contributed by atoms with Crippen LogP contribution in [0.1, 0.15) is 25.7 Å². The van der Waals surface area contributed by atoms with Crippen molar-refractivity contribution in [2.45, 2.75) is 37.8 Å². The number of ether oxygens (including phenoxy) is 2. The van der Waals surface area contributed by atoms with Gasteiger partial charge < -0.3 is 20.1 Å². The lowest BCUT2D eigenvalue weighted by Gasteiger charge is -2.32. The second-order valence-electron chi connectivity index (χ2n) is 9.16. The Kier molecular flexibility index (Phi) is 7.31. The monoisotopic (exact) mass is 482 g/mol. The molecule has 5 rings (SSSR count). The molecule has 2 atom stereocenters. The average Bonchev–Trinajstić information content (AvgIpc) is 2.92. The van der Waals surface area contributed by atoms with Gasteiger partial charge in [0.15, 0.2) is 13.2 Å². The zero-order valence-electron chi connectivity index (χ0n) is 20.1. The topological polar surface area (TPSA) is 76.7 Å². The SMILES string of the molecule is O=C(COc1cccc2ccccc12)NC1CCCCC1NC(=O)COc1cccc2ccccc12. The Morgan fingerprint density at radius 2 is 1.03 bits per heavy atom. The van der Waals surface area contributed by atoms with Crippen LogP contribution in [-0.4, -0.2) is 37.1 Å². The first-order chi connectivity index (χ1) is 17.7. The van der Waals surface area contributed by atoms with Gasteiger partial charge in [0, 0.05) is 22.9 Å². The number of carbonyl (C=O) groups is 2. The Labute approximate surface area is 210 Å². The Morgan fingerprint density at radius 3 is 1.50 bits per heavy atom. The molecule has 2 unspecified atom stereocenters. The van der Waals surface area contributed by atoms with Gasteiger partial charge in [0.1, 0.15) is 11.5 Å². The number of fused-ring (bicyclic) bond motifs is 2. The molecule has 1 saturated carbocycles. The van der Waals surface area contributed by atoms with Crippen molar-refractivity contribution in [1.29, 1.82) is 0 Å². The zero-order chi connectivity index (χ0) is 24.7. The molecule has 6 heteroatoms. The normalized spacial score (nSPS) is 17.4. The molecule has 1 aliphatic rings. The number of nitrogens with one attached hydrogen (secondary N) is 2. The van der Waals surface area contributed by atoms with Gasteiger partial charge in [0.2, 0.25) is 0 Å². The Balaban J connectivity index is 1.15. The van der Waals surface area contributed by atoms with Crippen molar-refractivity contribution in [3.8, 4) is 11.5 Å². The van der Waals surface area contributed by atoms with E-state index in [0.29, 0.717) is 11.5 Å². The van der Waals surface area contributed by atoms with Gasteiger partial charge in [-0.2, -0.15) is 0 Å². The zero-order valence-corrected chi connectivity index (χ0v) is 20.1. The van der Waals surface area contributed by atoms with E-state index in [9.17, 15) is 9.59 Å². The second kappa shape index (κ2) is 11.1. The molecule has 6 nitrogen and oxygen atoms in total. The Hall–Kier alpha value is -4.06. The van der Waals surface area contributed by atoms with Crippen LogP contribution in [0.25, 0.3) is 21.5 Å². The van der Waals surface area contributed by atoms with Gasteiger partial charge in [-0.25, -0.2) is 0 Å². The number of carbonyl (C=O) groups excluding carboxylic acids is 2. The smallest absolute Gasteiger partial charge is 0.258 e. The summed E-state index contributed by atoms with van der Waals surface area (Å²) in [5.41, 5.74) is 0. The summed E-state index contributed by atoms with van der Waals surface area (Å²) in [5, 5.41) is 10.2.